The first kappa shape index (κ1) is 20.5. The SMILES string of the molecule is O=[N+]([O-])c1ccc(S(=O)(=O)N2CC(c3ccc(Cl)cc3)C[C@H]2c2ccccc2)cc1. The minimum absolute atomic E-state index is 0.0142. The van der Waals surface area contributed by atoms with Crippen LogP contribution in [-0.2, 0) is 10.0 Å². The Bertz CT molecular complexity index is 1150. The highest BCUT2D eigenvalue weighted by molar-refractivity contribution is 7.89. The minimum Gasteiger partial charge on any atom is -0.258 e. The quantitative estimate of drug-likeness (QED) is 0.403. The monoisotopic (exact) mass is 442 g/mol. The van der Waals surface area contributed by atoms with Crippen molar-refractivity contribution >= 4 is 27.3 Å². The first-order valence-electron chi connectivity index (χ1n) is 9.43. The Balaban J connectivity index is 1.72. The molecule has 0 N–H and O–H groups in total. The van der Waals surface area contributed by atoms with E-state index in [0.717, 1.165) is 11.1 Å². The van der Waals surface area contributed by atoms with E-state index in [-0.39, 0.29) is 22.5 Å². The summed E-state index contributed by atoms with van der Waals surface area (Å²) in [6, 6.07) is 21.7. The Morgan fingerprint density at radius 1 is 0.900 bits per heavy atom. The Morgan fingerprint density at radius 3 is 2.13 bits per heavy atom. The molecule has 1 fully saturated rings. The second-order valence-corrected chi connectivity index (χ2v) is 9.56. The highest BCUT2D eigenvalue weighted by Crippen LogP contribution is 2.43. The lowest BCUT2D eigenvalue weighted by Gasteiger charge is -2.24. The standard InChI is InChI=1S/C22H19ClN2O4S/c23-19-8-6-16(7-9-19)18-14-22(17-4-2-1-3-5-17)24(15-18)30(28,29)21-12-10-20(11-13-21)25(26)27/h1-13,18,22H,14-15H2/t18?,22-/m0/s1. The molecule has 1 heterocycles. The molecular weight excluding hydrogens is 424 g/mol. The average Bonchev–Trinajstić information content (AvgIpc) is 3.21. The molecule has 30 heavy (non-hydrogen) atoms. The maximum absolute atomic E-state index is 13.5. The number of nitro groups is 1. The molecule has 0 aromatic heterocycles. The van der Waals surface area contributed by atoms with Crippen molar-refractivity contribution in [3.8, 4) is 0 Å². The van der Waals surface area contributed by atoms with Gasteiger partial charge in [0.25, 0.3) is 5.69 Å². The van der Waals surface area contributed by atoms with Gasteiger partial charge in [0.1, 0.15) is 0 Å². The van der Waals surface area contributed by atoms with E-state index in [1.165, 1.54) is 28.6 Å². The predicted octanol–water partition coefficient (Wildman–Crippen LogP) is 5.17. The van der Waals surface area contributed by atoms with Gasteiger partial charge in [-0.15, -0.1) is 0 Å². The molecule has 154 valence electrons. The normalized spacial score (nSPS) is 19.6. The zero-order chi connectivity index (χ0) is 21.3. The zero-order valence-corrected chi connectivity index (χ0v) is 17.5. The fourth-order valence-electron chi connectivity index (χ4n) is 3.90. The molecule has 0 bridgehead atoms. The maximum atomic E-state index is 13.5. The fraction of sp³-hybridized carbons (Fsp3) is 0.182. The Labute approximate surface area is 179 Å². The van der Waals surface area contributed by atoms with E-state index in [4.69, 9.17) is 11.6 Å². The summed E-state index contributed by atoms with van der Waals surface area (Å²) in [4.78, 5) is 10.4. The van der Waals surface area contributed by atoms with Crippen LogP contribution in [0.2, 0.25) is 5.02 Å². The van der Waals surface area contributed by atoms with E-state index in [0.29, 0.717) is 18.0 Å². The number of hydrogen-bond acceptors (Lipinski definition) is 4. The summed E-state index contributed by atoms with van der Waals surface area (Å²) in [6.45, 7) is 0.320. The molecule has 3 aromatic carbocycles. The van der Waals surface area contributed by atoms with Crippen LogP contribution in [0.15, 0.2) is 83.8 Å². The number of hydrogen-bond donors (Lipinski definition) is 0. The molecule has 6 nitrogen and oxygen atoms in total. The molecule has 0 saturated carbocycles. The zero-order valence-electron chi connectivity index (χ0n) is 15.9. The minimum atomic E-state index is -3.84. The summed E-state index contributed by atoms with van der Waals surface area (Å²) in [6.07, 6.45) is 0.637. The van der Waals surface area contributed by atoms with Crippen LogP contribution in [0, 0.1) is 10.1 Å². The van der Waals surface area contributed by atoms with Crippen LogP contribution in [0.25, 0.3) is 0 Å². The van der Waals surface area contributed by atoms with Crippen molar-refractivity contribution in [3.63, 3.8) is 0 Å². The summed E-state index contributed by atoms with van der Waals surface area (Å²) in [5.41, 5.74) is 1.80. The summed E-state index contributed by atoms with van der Waals surface area (Å²) in [5, 5.41) is 11.5. The number of benzene rings is 3. The Hall–Kier alpha value is -2.74. The fourth-order valence-corrected chi connectivity index (χ4v) is 5.70. The highest BCUT2D eigenvalue weighted by Gasteiger charge is 2.41. The van der Waals surface area contributed by atoms with Crippen molar-refractivity contribution in [1.82, 2.24) is 4.31 Å². The van der Waals surface area contributed by atoms with Gasteiger partial charge in [-0.05, 0) is 47.7 Å². The van der Waals surface area contributed by atoms with Gasteiger partial charge in [0.15, 0.2) is 0 Å². The summed E-state index contributed by atoms with van der Waals surface area (Å²) in [5.74, 6) is 0.0142. The average molecular weight is 443 g/mol. The molecule has 1 aliphatic rings. The largest absolute Gasteiger partial charge is 0.269 e. The van der Waals surface area contributed by atoms with E-state index in [9.17, 15) is 18.5 Å². The van der Waals surface area contributed by atoms with Crippen LogP contribution in [0.3, 0.4) is 0 Å². The molecule has 0 spiro atoms. The first-order chi connectivity index (χ1) is 14.4. The third kappa shape index (κ3) is 3.96. The second-order valence-electron chi connectivity index (χ2n) is 7.24. The number of non-ortho nitro benzene ring substituents is 1. The van der Waals surface area contributed by atoms with Crippen molar-refractivity contribution in [2.75, 3.05) is 6.54 Å². The molecule has 0 amide bonds. The van der Waals surface area contributed by atoms with E-state index in [1.807, 2.05) is 54.6 Å². The molecular formula is C22H19ClN2O4S. The third-order valence-electron chi connectivity index (χ3n) is 5.44. The molecule has 2 atom stereocenters. The van der Waals surface area contributed by atoms with Crippen LogP contribution < -0.4 is 0 Å². The molecule has 1 saturated heterocycles. The van der Waals surface area contributed by atoms with Crippen LogP contribution in [0.1, 0.15) is 29.5 Å². The first-order valence-corrected chi connectivity index (χ1v) is 11.2. The van der Waals surface area contributed by atoms with Crippen LogP contribution >= 0.6 is 11.6 Å². The van der Waals surface area contributed by atoms with Gasteiger partial charge in [0, 0.05) is 23.7 Å². The number of sulfonamides is 1. The second kappa shape index (κ2) is 8.18. The van der Waals surface area contributed by atoms with Crippen molar-refractivity contribution in [1.29, 1.82) is 0 Å². The van der Waals surface area contributed by atoms with Gasteiger partial charge in [-0.2, -0.15) is 4.31 Å². The van der Waals surface area contributed by atoms with Crippen molar-refractivity contribution in [3.05, 3.63) is 105 Å². The number of nitro benzene ring substituents is 1. The molecule has 3 aromatic rings. The summed E-state index contributed by atoms with van der Waals surface area (Å²) >= 11 is 6.00. The van der Waals surface area contributed by atoms with Crippen LogP contribution in [-0.4, -0.2) is 24.2 Å². The van der Waals surface area contributed by atoms with E-state index in [2.05, 4.69) is 0 Å². The molecule has 0 aliphatic carbocycles. The number of nitrogens with zero attached hydrogens (tertiary/aromatic N) is 2. The lowest BCUT2D eigenvalue weighted by Crippen LogP contribution is -2.31. The van der Waals surface area contributed by atoms with E-state index < -0.39 is 14.9 Å². The summed E-state index contributed by atoms with van der Waals surface area (Å²) in [7, 11) is -3.84. The lowest BCUT2D eigenvalue weighted by atomic mass is 9.94. The Morgan fingerprint density at radius 2 is 1.53 bits per heavy atom. The Kier molecular flexibility index (Phi) is 5.60. The molecule has 4 rings (SSSR count). The van der Waals surface area contributed by atoms with Gasteiger partial charge in [-0.3, -0.25) is 10.1 Å². The predicted molar refractivity (Wildman–Crippen MR) is 115 cm³/mol. The van der Waals surface area contributed by atoms with Gasteiger partial charge in [0.2, 0.25) is 10.0 Å². The molecule has 8 heteroatoms. The third-order valence-corrected chi connectivity index (χ3v) is 7.58. The molecule has 1 aliphatic heterocycles. The number of rotatable bonds is 5. The summed E-state index contributed by atoms with van der Waals surface area (Å²) < 4.78 is 28.4. The van der Waals surface area contributed by atoms with Crippen LogP contribution in [0.4, 0.5) is 5.69 Å². The number of halogens is 1. The highest BCUT2D eigenvalue weighted by atomic mass is 35.5. The van der Waals surface area contributed by atoms with Gasteiger partial charge in [-0.25, -0.2) is 8.42 Å². The van der Waals surface area contributed by atoms with Gasteiger partial charge < -0.3 is 0 Å². The van der Waals surface area contributed by atoms with Gasteiger partial charge in [0.05, 0.1) is 15.9 Å². The molecule has 0 radical (unpaired) electrons. The van der Waals surface area contributed by atoms with E-state index >= 15 is 0 Å². The van der Waals surface area contributed by atoms with Crippen molar-refractivity contribution < 1.29 is 13.3 Å². The lowest BCUT2D eigenvalue weighted by molar-refractivity contribution is -0.384. The van der Waals surface area contributed by atoms with Crippen LogP contribution in [0.5, 0.6) is 0 Å². The van der Waals surface area contributed by atoms with Gasteiger partial charge >= 0.3 is 0 Å². The van der Waals surface area contributed by atoms with Gasteiger partial charge in [-0.1, -0.05) is 54.1 Å². The maximum Gasteiger partial charge on any atom is 0.269 e. The topological polar surface area (TPSA) is 80.5 Å². The van der Waals surface area contributed by atoms with Crippen molar-refractivity contribution in [2.45, 2.75) is 23.3 Å². The molecule has 1 unspecified atom stereocenters. The van der Waals surface area contributed by atoms with E-state index in [1.54, 1.807) is 0 Å². The smallest absolute Gasteiger partial charge is 0.258 e. The van der Waals surface area contributed by atoms with Crippen molar-refractivity contribution in [2.24, 2.45) is 0 Å².